The third kappa shape index (κ3) is 4.34. The van der Waals surface area contributed by atoms with Crippen molar-refractivity contribution >= 4 is 29.0 Å². The molecule has 0 aliphatic rings. The van der Waals surface area contributed by atoms with Gasteiger partial charge < -0.3 is 10.6 Å². The summed E-state index contributed by atoms with van der Waals surface area (Å²) in [6, 6.07) is 12.7. The van der Waals surface area contributed by atoms with E-state index in [2.05, 4.69) is 25.8 Å². The highest BCUT2D eigenvalue weighted by atomic mass is 35.5. The molecular weight excluding hydrogens is 350 g/mol. The zero-order valence-electron chi connectivity index (χ0n) is 14.5. The van der Waals surface area contributed by atoms with Crippen molar-refractivity contribution in [2.45, 2.75) is 20.4 Å². The third-order valence-corrected chi connectivity index (χ3v) is 4.04. The first-order valence-electron chi connectivity index (χ1n) is 8.08. The summed E-state index contributed by atoms with van der Waals surface area (Å²) in [5, 5.41) is 14.6. The normalized spacial score (nSPS) is 10.4. The molecule has 1 amide bonds. The summed E-state index contributed by atoms with van der Waals surface area (Å²) in [5.74, 6) is 0.208. The number of nitrogens with one attached hydrogen (secondary N) is 2. The van der Waals surface area contributed by atoms with Crippen molar-refractivity contribution in [2.75, 3.05) is 5.32 Å². The third-order valence-electron chi connectivity index (χ3n) is 3.74. The molecule has 3 aromatic rings. The summed E-state index contributed by atoms with van der Waals surface area (Å²) >= 11 is 6.29. The summed E-state index contributed by atoms with van der Waals surface area (Å²) in [6.07, 6.45) is 1.68. The number of carbonyl (C=O) groups is 1. The van der Waals surface area contributed by atoms with Crippen molar-refractivity contribution in [3.05, 3.63) is 76.2 Å². The smallest absolute Gasteiger partial charge is 0.272 e. The average Bonchev–Trinajstić information content (AvgIpc) is 2.64. The Kier molecular flexibility index (Phi) is 5.43. The van der Waals surface area contributed by atoms with E-state index in [1.165, 1.54) is 0 Å². The second-order valence-corrected chi connectivity index (χ2v) is 6.28. The fourth-order valence-corrected chi connectivity index (χ4v) is 2.85. The van der Waals surface area contributed by atoms with E-state index in [-0.39, 0.29) is 11.6 Å². The number of aromatic nitrogens is 3. The van der Waals surface area contributed by atoms with Crippen LogP contribution in [0.2, 0.25) is 5.02 Å². The number of pyridine rings is 1. The first kappa shape index (κ1) is 17.8. The first-order chi connectivity index (χ1) is 12.5. The van der Waals surface area contributed by atoms with Crippen LogP contribution in [-0.4, -0.2) is 21.1 Å². The van der Waals surface area contributed by atoms with Crippen LogP contribution in [0, 0.1) is 13.8 Å². The molecule has 0 unspecified atom stereocenters. The molecule has 0 saturated carbocycles. The highest BCUT2D eigenvalue weighted by Crippen LogP contribution is 2.29. The number of anilines is 2. The van der Waals surface area contributed by atoms with E-state index in [1.54, 1.807) is 18.3 Å². The summed E-state index contributed by atoms with van der Waals surface area (Å²) in [7, 11) is 0. The minimum absolute atomic E-state index is 0.234. The van der Waals surface area contributed by atoms with Gasteiger partial charge in [-0.2, -0.15) is 0 Å². The Balaban J connectivity index is 1.66. The van der Waals surface area contributed by atoms with Gasteiger partial charge in [-0.05, 0) is 55.3 Å². The van der Waals surface area contributed by atoms with Crippen LogP contribution in [0.1, 0.15) is 27.3 Å². The van der Waals surface area contributed by atoms with E-state index in [4.69, 9.17) is 11.6 Å². The Morgan fingerprint density at radius 1 is 1.12 bits per heavy atom. The first-order valence-corrected chi connectivity index (χ1v) is 8.46. The van der Waals surface area contributed by atoms with Gasteiger partial charge in [0.1, 0.15) is 0 Å². The SMILES string of the molecule is Cc1cc(C)c(Nc2ccc(C(=O)NCc3ccccn3)nn2)c(Cl)c1. The molecule has 0 aliphatic heterocycles. The number of nitrogens with zero attached hydrogens (tertiary/aromatic N) is 3. The van der Waals surface area contributed by atoms with E-state index >= 15 is 0 Å². The number of hydrogen-bond donors (Lipinski definition) is 2. The molecule has 2 aromatic heterocycles. The number of hydrogen-bond acceptors (Lipinski definition) is 5. The molecule has 0 radical (unpaired) electrons. The van der Waals surface area contributed by atoms with Gasteiger partial charge in [-0.1, -0.05) is 23.7 Å². The number of carbonyl (C=O) groups excluding carboxylic acids is 1. The number of halogens is 1. The van der Waals surface area contributed by atoms with E-state index in [0.717, 1.165) is 22.5 Å². The maximum absolute atomic E-state index is 12.2. The second-order valence-electron chi connectivity index (χ2n) is 5.87. The maximum Gasteiger partial charge on any atom is 0.272 e. The van der Waals surface area contributed by atoms with E-state index in [1.807, 2.05) is 44.2 Å². The highest BCUT2D eigenvalue weighted by Gasteiger charge is 2.10. The van der Waals surface area contributed by atoms with Crippen molar-refractivity contribution in [1.82, 2.24) is 20.5 Å². The molecule has 2 N–H and O–H groups in total. The zero-order valence-corrected chi connectivity index (χ0v) is 15.2. The molecular formula is C19H18ClN5O. The molecule has 0 fully saturated rings. The lowest BCUT2D eigenvalue weighted by Crippen LogP contribution is -2.24. The van der Waals surface area contributed by atoms with E-state index in [0.29, 0.717) is 17.4 Å². The molecule has 1 aromatic carbocycles. The number of rotatable bonds is 5. The van der Waals surface area contributed by atoms with Crippen molar-refractivity contribution in [3.63, 3.8) is 0 Å². The van der Waals surface area contributed by atoms with Crippen LogP contribution in [-0.2, 0) is 6.54 Å². The molecule has 7 heteroatoms. The Labute approximate surface area is 156 Å². The molecule has 0 spiro atoms. The van der Waals surface area contributed by atoms with Crippen molar-refractivity contribution < 1.29 is 4.79 Å². The molecule has 132 valence electrons. The average molecular weight is 368 g/mol. The fraction of sp³-hybridized carbons (Fsp3) is 0.158. The molecule has 0 bridgehead atoms. The summed E-state index contributed by atoms with van der Waals surface area (Å²) in [5.41, 5.74) is 3.88. The van der Waals surface area contributed by atoms with Gasteiger partial charge in [0.25, 0.3) is 5.91 Å². The minimum Gasteiger partial charge on any atom is -0.345 e. The lowest BCUT2D eigenvalue weighted by molar-refractivity contribution is 0.0944. The lowest BCUT2D eigenvalue weighted by atomic mass is 10.1. The van der Waals surface area contributed by atoms with Gasteiger partial charge in [0.2, 0.25) is 0 Å². The molecule has 26 heavy (non-hydrogen) atoms. The molecule has 6 nitrogen and oxygen atoms in total. The molecule has 0 atom stereocenters. The van der Waals surface area contributed by atoms with Gasteiger partial charge in [0, 0.05) is 6.20 Å². The fourth-order valence-electron chi connectivity index (χ4n) is 2.49. The predicted octanol–water partition coefficient (Wildman–Crippen LogP) is 3.82. The van der Waals surface area contributed by atoms with Gasteiger partial charge >= 0.3 is 0 Å². The maximum atomic E-state index is 12.2. The Bertz CT molecular complexity index is 890. The number of aryl methyl sites for hydroxylation is 2. The zero-order chi connectivity index (χ0) is 18.5. The van der Waals surface area contributed by atoms with Gasteiger partial charge in [-0.25, -0.2) is 0 Å². The summed E-state index contributed by atoms with van der Waals surface area (Å²) in [4.78, 5) is 16.3. The van der Waals surface area contributed by atoms with Gasteiger partial charge in [0.05, 0.1) is 22.9 Å². The van der Waals surface area contributed by atoms with Crippen LogP contribution >= 0.6 is 11.6 Å². The van der Waals surface area contributed by atoms with Gasteiger partial charge in [-0.3, -0.25) is 9.78 Å². The highest BCUT2D eigenvalue weighted by molar-refractivity contribution is 6.33. The minimum atomic E-state index is -0.306. The summed E-state index contributed by atoms with van der Waals surface area (Å²) < 4.78 is 0. The molecule has 0 saturated heterocycles. The van der Waals surface area contributed by atoms with Crippen LogP contribution in [0.15, 0.2) is 48.7 Å². The van der Waals surface area contributed by atoms with Crippen molar-refractivity contribution in [2.24, 2.45) is 0 Å². The number of benzene rings is 1. The van der Waals surface area contributed by atoms with E-state index in [9.17, 15) is 4.79 Å². The van der Waals surface area contributed by atoms with Crippen LogP contribution in [0.4, 0.5) is 11.5 Å². The summed E-state index contributed by atoms with van der Waals surface area (Å²) in [6.45, 7) is 4.29. The Morgan fingerprint density at radius 2 is 1.96 bits per heavy atom. The quantitative estimate of drug-likeness (QED) is 0.716. The molecule has 0 aliphatic carbocycles. The second kappa shape index (κ2) is 7.93. The largest absolute Gasteiger partial charge is 0.345 e. The van der Waals surface area contributed by atoms with E-state index < -0.39 is 0 Å². The monoisotopic (exact) mass is 367 g/mol. The van der Waals surface area contributed by atoms with Crippen LogP contribution in [0.25, 0.3) is 0 Å². The van der Waals surface area contributed by atoms with Crippen LogP contribution in [0.3, 0.4) is 0 Å². The molecule has 3 rings (SSSR count). The lowest BCUT2D eigenvalue weighted by Gasteiger charge is -2.11. The van der Waals surface area contributed by atoms with Crippen molar-refractivity contribution in [3.8, 4) is 0 Å². The van der Waals surface area contributed by atoms with Crippen LogP contribution < -0.4 is 10.6 Å². The van der Waals surface area contributed by atoms with Crippen molar-refractivity contribution in [1.29, 1.82) is 0 Å². The van der Waals surface area contributed by atoms with Gasteiger partial charge in [-0.15, -0.1) is 10.2 Å². The Morgan fingerprint density at radius 3 is 2.62 bits per heavy atom. The molecule has 2 heterocycles. The standard InChI is InChI=1S/C19H18ClN5O/c1-12-9-13(2)18(15(20)10-12)23-17-7-6-16(24-25-17)19(26)22-11-14-5-3-4-8-21-14/h3-10H,11H2,1-2H3,(H,22,26)(H,23,25). The topological polar surface area (TPSA) is 79.8 Å². The number of amides is 1. The predicted molar refractivity (Wildman–Crippen MR) is 102 cm³/mol. The van der Waals surface area contributed by atoms with Crippen LogP contribution in [0.5, 0.6) is 0 Å². The van der Waals surface area contributed by atoms with Gasteiger partial charge in [0.15, 0.2) is 11.5 Å². The Hall–Kier alpha value is -2.99.